The summed E-state index contributed by atoms with van der Waals surface area (Å²) in [6, 6.07) is 4.62. The van der Waals surface area contributed by atoms with E-state index in [1.54, 1.807) is 17.0 Å². The van der Waals surface area contributed by atoms with E-state index in [0.717, 1.165) is 0 Å². The molecule has 15 heavy (non-hydrogen) atoms. The Labute approximate surface area is 88.8 Å². The van der Waals surface area contributed by atoms with Gasteiger partial charge in [0, 0.05) is 13.1 Å². The third-order valence-electron chi connectivity index (χ3n) is 2.29. The first-order valence-electron chi connectivity index (χ1n) is 4.98. The maximum atomic E-state index is 13.6. The first-order valence-corrected chi connectivity index (χ1v) is 4.98. The fourth-order valence-corrected chi connectivity index (χ4v) is 1.47. The third-order valence-corrected chi connectivity index (χ3v) is 2.29. The van der Waals surface area contributed by atoms with Crippen LogP contribution in [0.2, 0.25) is 0 Å². The minimum atomic E-state index is -0.364. The minimum Gasteiger partial charge on any atom is -0.395 e. The van der Waals surface area contributed by atoms with Crippen molar-refractivity contribution in [2.75, 3.05) is 24.6 Å². The summed E-state index contributed by atoms with van der Waals surface area (Å²) >= 11 is 0. The zero-order valence-corrected chi connectivity index (χ0v) is 8.78. The van der Waals surface area contributed by atoms with Gasteiger partial charge in [0.2, 0.25) is 0 Å². The topological polar surface area (TPSA) is 43.7 Å². The second-order valence-corrected chi connectivity index (χ2v) is 3.25. The largest absolute Gasteiger partial charge is 0.395 e. The Morgan fingerprint density at radius 2 is 2.07 bits per heavy atom. The molecule has 0 aliphatic heterocycles. The van der Waals surface area contributed by atoms with E-state index in [2.05, 4.69) is 0 Å². The van der Waals surface area contributed by atoms with Gasteiger partial charge in [-0.05, 0) is 24.6 Å². The van der Waals surface area contributed by atoms with Crippen molar-refractivity contribution in [1.29, 1.82) is 0 Å². The summed E-state index contributed by atoms with van der Waals surface area (Å²) in [6.07, 6.45) is 0. The lowest BCUT2D eigenvalue weighted by molar-refractivity contribution is 0.281. The van der Waals surface area contributed by atoms with Gasteiger partial charge in [0.15, 0.2) is 0 Å². The normalized spacial score (nSPS) is 10.4. The second-order valence-electron chi connectivity index (χ2n) is 3.25. The van der Waals surface area contributed by atoms with Crippen LogP contribution in [0, 0.1) is 5.82 Å². The average Bonchev–Trinajstić information content (AvgIpc) is 2.26. The molecule has 0 aliphatic carbocycles. The molecule has 1 rings (SSSR count). The van der Waals surface area contributed by atoms with E-state index < -0.39 is 0 Å². The molecular weight excluding hydrogens is 197 g/mol. The van der Waals surface area contributed by atoms with E-state index in [-0.39, 0.29) is 19.0 Å². The van der Waals surface area contributed by atoms with Crippen molar-refractivity contribution in [3.8, 4) is 0 Å². The lowest BCUT2D eigenvalue weighted by Gasteiger charge is -2.22. The van der Waals surface area contributed by atoms with E-state index in [4.69, 9.17) is 10.2 Å². The Morgan fingerprint density at radius 1 is 1.33 bits per heavy atom. The van der Waals surface area contributed by atoms with Crippen molar-refractivity contribution in [2.24, 2.45) is 0 Å². The Morgan fingerprint density at radius 3 is 2.53 bits per heavy atom. The summed E-state index contributed by atoms with van der Waals surface area (Å²) in [5.41, 5.74) is 1.01. The number of aliphatic hydroxyl groups is 2. The van der Waals surface area contributed by atoms with Gasteiger partial charge in [-0.15, -0.1) is 0 Å². The summed E-state index contributed by atoms with van der Waals surface area (Å²) in [5.74, 6) is -0.364. The molecular formula is C11H16FNO2. The Balaban J connectivity index is 2.92. The number of rotatable bonds is 5. The third kappa shape index (κ3) is 2.91. The molecule has 0 heterocycles. The van der Waals surface area contributed by atoms with Crippen LogP contribution in [-0.2, 0) is 6.61 Å². The molecule has 0 saturated carbocycles. The van der Waals surface area contributed by atoms with Gasteiger partial charge < -0.3 is 15.1 Å². The molecule has 0 atom stereocenters. The molecule has 1 aromatic rings. The molecule has 0 aliphatic rings. The van der Waals surface area contributed by atoms with E-state index in [1.807, 2.05) is 6.92 Å². The quantitative estimate of drug-likeness (QED) is 0.770. The monoisotopic (exact) mass is 213 g/mol. The second kappa shape index (κ2) is 5.68. The van der Waals surface area contributed by atoms with E-state index in [1.165, 1.54) is 6.07 Å². The number of halogens is 1. The first kappa shape index (κ1) is 11.9. The Kier molecular flexibility index (Phi) is 4.52. The summed E-state index contributed by atoms with van der Waals surface area (Å²) in [4.78, 5) is 1.75. The van der Waals surface area contributed by atoms with Crippen molar-refractivity contribution < 1.29 is 14.6 Å². The lowest BCUT2D eigenvalue weighted by atomic mass is 10.2. The predicted octanol–water partition coefficient (Wildman–Crippen LogP) is 1.14. The summed E-state index contributed by atoms with van der Waals surface area (Å²) in [7, 11) is 0. The summed E-state index contributed by atoms with van der Waals surface area (Å²) in [5, 5.41) is 17.6. The number of aliphatic hydroxyl groups excluding tert-OH is 2. The van der Waals surface area contributed by atoms with E-state index >= 15 is 0 Å². The van der Waals surface area contributed by atoms with Crippen LogP contribution in [0.3, 0.4) is 0 Å². The number of hydrogen-bond acceptors (Lipinski definition) is 3. The number of likely N-dealkylation sites (N-methyl/N-ethyl adjacent to an activating group) is 1. The van der Waals surface area contributed by atoms with Gasteiger partial charge in [-0.25, -0.2) is 4.39 Å². The van der Waals surface area contributed by atoms with Gasteiger partial charge in [0.05, 0.1) is 18.9 Å². The van der Waals surface area contributed by atoms with E-state index in [0.29, 0.717) is 24.3 Å². The molecule has 1 aromatic carbocycles. The van der Waals surface area contributed by atoms with Gasteiger partial charge in [-0.2, -0.15) is 0 Å². The van der Waals surface area contributed by atoms with Gasteiger partial charge >= 0.3 is 0 Å². The van der Waals surface area contributed by atoms with Crippen molar-refractivity contribution >= 4 is 5.69 Å². The van der Waals surface area contributed by atoms with Crippen molar-refractivity contribution in [2.45, 2.75) is 13.5 Å². The van der Waals surface area contributed by atoms with Crippen LogP contribution in [-0.4, -0.2) is 29.9 Å². The number of anilines is 1. The molecule has 3 nitrogen and oxygen atoms in total. The van der Waals surface area contributed by atoms with Crippen LogP contribution in [0.5, 0.6) is 0 Å². The predicted molar refractivity (Wildman–Crippen MR) is 57.3 cm³/mol. The van der Waals surface area contributed by atoms with Gasteiger partial charge in [-0.3, -0.25) is 0 Å². The van der Waals surface area contributed by atoms with Crippen molar-refractivity contribution in [1.82, 2.24) is 0 Å². The first-order chi connectivity index (χ1) is 7.22. The fourth-order valence-electron chi connectivity index (χ4n) is 1.47. The van der Waals surface area contributed by atoms with Crippen LogP contribution >= 0.6 is 0 Å². The maximum absolute atomic E-state index is 13.6. The summed E-state index contributed by atoms with van der Waals surface area (Å²) in [6.45, 7) is 2.77. The highest BCUT2D eigenvalue weighted by Gasteiger charge is 2.09. The Hall–Kier alpha value is -1.13. The van der Waals surface area contributed by atoms with Crippen molar-refractivity contribution in [3.05, 3.63) is 29.6 Å². The highest BCUT2D eigenvalue weighted by molar-refractivity contribution is 5.49. The molecule has 84 valence electrons. The van der Waals surface area contributed by atoms with Crippen LogP contribution in [0.1, 0.15) is 12.5 Å². The van der Waals surface area contributed by atoms with Crippen LogP contribution < -0.4 is 4.90 Å². The minimum absolute atomic E-state index is 0.00493. The smallest absolute Gasteiger partial charge is 0.146 e. The molecule has 0 unspecified atom stereocenters. The fraction of sp³-hybridized carbons (Fsp3) is 0.455. The molecule has 2 N–H and O–H groups in total. The maximum Gasteiger partial charge on any atom is 0.146 e. The van der Waals surface area contributed by atoms with Crippen LogP contribution in [0.4, 0.5) is 10.1 Å². The highest BCUT2D eigenvalue weighted by atomic mass is 19.1. The standard InChI is InChI=1S/C11H16FNO2/c1-2-13(5-6-14)11-4-3-9(8-15)7-10(11)12/h3-4,7,14-15H,2,5-6,8H2,1H3. The molecule has 0 bridgehead atoms. The lowest BCUT2D eigenvalue weighted by Crippen LogP contribution is -2.27. The number of benzene rings is 1. The zero-order chi connectivity index (χ0) is 11.3. The van der Waals surface area contributed by atoms with Gasteiger partial charge in [0.25, 0.3) is 0 Å². The Bertz CT molecular complexity index is 317. The van der Waals surface area contributed by atoms with Crippen LogP contribution in [0.15, 0.2) is 18.2 Å². The summed E-state index contributed by atoms with van der Waals surface area (Å²) < 4.78 is 13.6. The molecule has 0 spiro atoms. The van der Waals surface area contributed by atoms with Crippen LogP contribution in [0.25, 0.3) is 0 Å². The molecule has 0 aromatic heterocycles. The van der Waals surface area contributed by atoms with Crippen molar-refractivity contribution in [3.63, 3.8) is 0 Å². The number of nitrogens with zero attached hydrogens (tertiary/aromatic N) is 1. The molecule has 4 heteroatoms. The van der Waals surface area contributed by atoms with Gasteiger partial charge in [0.1, 0.15) is 5.82 Å². The van der Waals surface area contributed by atoms with E-state index in [9.17, 15) is 4.39 Å². The highest BCUT2D eigenvalue weighted by Crippen LogP contribution is 2.20. The molecule has 0 radical (unpaired) electrons. The van der Waals surface area contributed by atoms with Gasteiger partial charge in [-0.1, -0.05) is 6.07 Å². The number of hydrogen-bond donors (Lipinski definition) is 2. The zero-order valence-electron chi connectivity index (χ0n) is 8.78. The SMILES string of the molecule is CCN(CCO)c1ccc(CO)cc1F. The average molecular weight is 213 g/mol. The molecule has 0 amide bonds. The molecule has 0 fully saturated rings. The molecule has 0 saturated heterocycles.